The van der Waals surface area contributed by atoms with Crippen LogP contribution in [0.2, 0.25) is 0 Å². The second kappa shape index (κ2) is 12.2. The van der Waals surface area contributed by atoms with Gasteiger partial charge in [0.25, 0.3) is 0 Å². The molecule has 0 radical (unpaired) electrons. The van der Waals surface area contributed by atoms with E-state index in [2.05, 4.69) is 169 Å². The van der Waals surface area contributed by atoms with Crippen LogP contribution in [0.25, 0.3) is 88.9 Å². The largest absolute Gasteiger partial charge is 0.309 e. The van der Waals surface area contributed by atoms with Gasteiger partial charge in [0.15, 0.2) is 5.82 Å². The smallest absolute Gasteiger partial charge is 0.160 e. The highest BCUT2D eigenvalue weighted by atomic mass is 15.0. The summed E-state index contributed by atoms with van der Waals surface area (Å²) in [6.45, 7) is 6.64. The van der Waals surface area contributed by atoms with Crippen LogP contribution in [0, 0.1) is 20.8 Å². The third-order valence-electron chi connectivity index (χ3n) is 10.6. The Bertz CT molecular complexity index is 2920. The van der Waals surface area contributed by atoms with E-state index in [-0.39, 0.29) is 0 Å². The summed E-state index contributed by atoms with van der Waals surface area (Å²) in [4.78, 5) is 10.1. The van der Waals surface area contributed by atoms with Crippen molar-refractivity contribution in [3.8, 4) is 45.3 Å². The lowest BCUT2D eigenvalue weighted by Gasteiger charge is -2.15. The number of rotatable bonds is 5. The van der Waals surface area contributed by atoms with E-state index in [0.29, 0.717) is 5.82 Å². The predicted molar refractivity (Wildman–Crippen MR) is 221 cm³/mol. The van der Waals surface area contributed by atoms with Gasteiger partial charge in [-0.25, -0.2) is 9.97 Å². The molecule has 53 heavy (non-hydrogen) atoms. The fourth-order valence-corrected chi connectivity index (χ4v) is 8.39. The molecule has 7 aromatic carbocycles. The van der Waals surface area contributed by atoms with Gasteiger partial charge in [0.05, 0.1) is 39.1 Å². The highest BCUT2D eigenvalue weighted by Gasteiger charge is 2.22. The molecular formula is C49H36N4. The summed E-state index contributed by atoms with van der Waals surface area (Å²) in [5, 5.41) is 4.99. The van der Waals surface area contributed by atoms with Crippen LogP contribution in [0.4, 0.5) is 0 Å². The van der Waals surface area contributed by atoms with E-state index < -0.39 is 0 Å². The molecule has 10 rings (SSSR count). The van der Waals surface area contributed by atoms with Crippen molar-refractivity contribution in [3.05, 3.63) is 180 Å². The lowest BCUT2D eigenvalue weighted by atomic mass is 10.0. The van der Waals surface area contributed by atoms with Crippen molar-refractivity contribution in [3.63, 3.8) is 0 Å². The molecule has 0 atom stereocenters. The fraction of sp³-hybridized carbons (Fsp3) is 0.0612. The number of hydrogen-bond donors (Lipinski definition) is 0. The van der Waals surface area contributed by atoms with Crippen molar-refractivity contribution in [2.24, 2.45) is 0 Å². The molecule has 10 aromatic rings. The fourth-order valence-electron chi connectivity index (χ4n) is 8.39. The van der Waals surface area contributed by atoms with Gasteiger partial charge >= 0.3 is 0 Å². The molecule has 0 bridgehead atoms. The Morgan fingerprint density at radius 2 is 0.962 bits per heavy atom. The molecule has 0 N–H and O–H groups in total. The maximum absolute atomic E-state index is 5.10. The summed E-state index contributed by atoms with van der Waals surface area (Å²) < 4.78 is 4.93. The first-order valence-corrected chi connectivity index (χ1v) is 18.2. The molecule has 0 amide bonds. The molecule has 0 unspecified atom stereocenters. The first-order valence-electron chi connectivity index (χ1n) is 18.2. The minimum atomic E-state index is 0.714. The quantitative estimate of drug-likeness (QED) is 0.181. The second-order valence-corrected chi connectivity index (χ2v) is 14.0. The van der Waals surface area contributed by atoms with Crippen molar-refractivity contribution in [2.75, 3.05) is 0 Å². The number of nitrogens with zero attached hydrogens (tertiary/aromatic N) is 4. The number of aromatic nitrogens is 4. The van der Waals surface area contributed by atoms with E-state index in [0.717, 1.165) is 33.8 Å². The Labute approximate surface area is 308 Å². The minimum absolute atomic E-state index is 0.714. The van der Waals surface area contributed by atoms with Crippen LogP contribution >= 0.6 is 0 Å². The zero-order valence-electron chi connectivity index (χ0n) is 29.9. The van der Waals surface area contributed by atoms with Crippen LogP contribution in [0.5, 0.6) is 0 Å². The van der Waals surface area contributed by atoms with Crippen LogP contribution in [0.3, 0.4) is 0 Å². The molecule has 4 nitrogen and oxygen atoms in total. The van der Waals surface area contributed by atoms with E-state index >= 15 is 0 Å². The van der Waals surface area contributed by atoms with Gasteiger partial charge in [-0.1, -0.05) is 133 Å². The summed E-state index contributed by atoms with van der Waals surface area (Å²) in [5.41, 5.74) is 15.9. The van der Waals surface area contributed by atoms with Gasteiger partial charge in [-0.2, -0.15) is 0 Å². The molecule has 0 fully saturated rings. The lowest BCUT2D eigenvalue weighted by Crippen LogP contribution is -2.01. The number of aryl methyl sites for hydroxylation is 3. The predicted octanol–water partition coefficient (Wildman–Crippen LogP) is 12.6. The molecular weight excluding hydrogens is 645 g/mol. The molecule has 0 aliphatic rings. The van der Waals surface area contributed by atoms with Crippen molar-refractivity contribution in [1.29, 1.82) is 0 Å². The van der Waals surface area contributed by atoms with Gasteiger partial charge in [0, 0.05) is 43.9 Å². The third kappa shape index (κ3) is 4.98. The Morgan fingerprint density at radius 1 is 0.415 bits per heavy atom. The summed E-state index contributed by atoms with van der Waals surface area (Å²) in [6, 6.07) is 58.4. The lowest BCUT2D eigenvalue weighted by molar-refractivity contribution is 1.11. The normalized spacial score (nSPS) is 11.7. The highest BCUT2D eigenvalue weighted by molar-refractivity contribution is 6.26. The molecule has 0 spiro atoms. The minimum Gasteiger partial charge on any atom is -0.309 e. The molecule has 3 aromatic heterocycles. The van der Waals surface area contributed by atoms with E-state index in [1.165, 1.54) is 66.0 Å². The topological polar surface area (TPSA) is 35.6 Å². The van der Waals surface area contributed by atoms with Crippen LogP contribution in [0.15, 0.2) is 164 Å². The first-order chi connectivity index (χ1) is 26.0. The maximum atomic E-state index is 5.10. The summed E-state index contributed by atoms with van der Waals surface area (Å²) in [7, 11) is 0. The van der Waals surface area contributed by atoms with E-state index in [1.54, 1.807) is 0 Å². The average Bonchev–Trinajstić information content (AvgIpc) is 3.71. The number of para-hydroxylation sites is 2. The monoisotopic (exact) mass is 680 g/mol. The van der Waals surface area contributed by atoms with Crippen LogP contribution in [0.1, 0.15) is 16.7 Å². The summed E-state index contributed by atoms with van der Waals surface area (Å²) in [5.74, 6) is 0.714. The molecule has 4 heteroatoms. The third-order valence-corrected chi connectivity index (χ3v) is 10.6. The van der Waals surface area contributed by atoms with Crippen LogP contribution in [-0.2, 0) is 0 Å². The number of hydrogen-bond acceptors (Lipinski definition) is 2. The number of fused-ring (bicyclic) bond motifs is 7. The molecule has 0 saturated heterocycles. The Balaban J connectivity index is 1.21. The van der Waals surface area contributed by atoms with Crippen molar-refractivity contribution >= 4 is 43.6 Å². The number of benzene rings is 7. The molecule has 252 valence electrons. The van der Waals surface area contributed by atoms with Crippen molar-refractivity contribution in [1.82, 2.24) is 19.1 Å². The molecule has 3 heterocycles. The Kier molecular flexibility index (Phi) is 7.12. The van der Waals surface area contributed by atoms with Gasteiger partial charge in [-0.15, -0.1) is 0 Å². The van der Waals surface area contributed by atoms with Crippen LogP contribution in [-0.4, -0.2) is 19.1 Å². The SMILES string of the molecule is Cc1cc(C)c(-n2c3ccccc3c3c2ccc2c4ccccc4n(-c4ccc(-c5cc(-c6ccccc6)nc(-c6ccccc6)n5)cc4)c23)c(C)c1. The van der Waals surface area contributed by atoms with Crippen molar-refractivity contribution in [2.45, 2.75) is 20.8 Å². The Morgan fingerprint density at radius 3 is 1.62 bits per heavy atom. The molecule has 0 aliphatic heterocycles. The van der Waals surface area contributed by atoms with Crippen LogP contribution < -0.4 is 0 Å². The first kappa shape index (κ1) is 31.0. The zero-order chi connectivity index (χ0) is 35.6. The van der Waals surface area contributed by atoms with Gasteiger partial charge < -0.3 is 9.13 Å². The van der Waals surface area contributed by atoms with E-state index in [9.17, 15) is 0 Å². The van der Waals surface area contributed by atoms with Gasteiger partial charge in [-0.3, -0.25) is 0 Å². The highest BCUT2D eigenvalue weighted by Crippen LogP contribution is 2.43. The maximum Gasteiger partial charge on any atom is 0.160 e. The van der Waals surface area contributed by atoms with Gasteiger partial charge in [0.2, 0.25) is 0 Å². The molecule has 0 saturated carbocycles. The second-order valence-electron chi connectivity index (χ2n) is 14.0. The zero-order valence-corrected chi connectivity index (χ0v) is 29.9. The van der Waals surface area contributed by atoms with E-state index in [4.69, 9.17) is 9.97 Å². The van der Waals surface area contributed by atoms with Crippen molar-refractivity contribution < 1.29 is 0 Å². The van der Waals surface area contributed by atoms with Gasteiger partial charge in [-0.05, 0) is 68.3 Å². The average molecular weight is 681 g/mol. The molecule has 0 aliphatic carbocycles. The Hall–Kier alpha value is -6.78. The summed E-state index contributed by atoms with van der Waals surface area (Å²) in [6.07, 6.45) is 0. The van der Waals surface area contributed by atoms with Gasteiger partial charge in [0.1, 0.15) is 0 Å². The standard InChI is InChI=1S/C49H36N4/c1-31-28-32(2)47(33(3)29-31)53-44-21-13-11-19-40(44)46-45(53)27-26-39-38-18-10-12-20-43(38)52(48(39)46)37-24-22-35(23-25-37)42-30-41(34-14-6-4-7-15-34)50-49(51-42)36-16-8-5-9-17-36/h4-30H,1-3H3. The summed E-state index contributed by atoms with van der Waals surface area (Å²) >= 11 is 0. The van der Waals surface area contributed by atoms with E-state index in [1.807, 2.05) is 24.3 Å².